The molecule has 0 unspecified atom stereocenters. The molecular formula is C12HBr5Cl4O3S. The van der Waals surface area contributed by atoms with Crippen LogP contribution < -0.4 is 4.18 Å². The van der Waals surface area contributed by atoms with E-state index >= 15 is 0 Å². The van der Waals surface area contributed by atoms with Crippen molar-refractivity contribution < 1.29 is 12.6 Å². The van der Waals surface area contributed by atoms with Crippen molar-refractivity contribution >= 4 is 136 Å². The Morgan fingerprint density at radius 2 is 1.08 bits per heavy atom. The van der Waals surface area contributed by atoms with E-state index in [9.17, 15) is 8.42 Å². The van der Waals surface area contributed by atoms with Gasteiger partial charge >= 0.3 is 10.1 Å². The van der Waals surface area contributed by atoms with Crippen molar-refractivity contribution in [1.29, 1.82) is 0 Å². The molecule has 0 amide bonds. The molecule has 0 heterocycles. The lowest BCUT2D eigenvalue weighted by Crippen LogP contribution is -2.13. The van der Waals surface area contributed by atoms with Gasteiger partial charge in [-0.2, -0.15) is 8.42 Å². The van der Waals surface area contributed by atoms with Crippen molar-refractivity contribution in [2.75, 3.05) is 0 Å². The van der Waals surface area contributed by atoms with Crippen LogP contribution in [-0.2, 0) is 10.1 Å². The Labute approximate surface area is 205 Å². The molecule has 2 aromatic rings. The Balaban J connectivity index is 2.72. The number of rotatable bonds is 3. The van der Waals surface area contributed by atoms with Crippen LogP contribution >= 0.6 is 126 Å². The minimum Gasteiger partial charge on any atom is -0.376 e. The van der Waals surface area contributed by atoms with Gasteiger partial charge in [0, 0.05) is 13.4 Å². The van der Waals surface area contributed by atoms with Gasteiger partial charge in [-0.25, -0.2) is 0 Å². The lowest BCUT2D eigenvalue weighted by molar-refractivity contribution is 0.485. The normalized spacial score (nSPS) is 11.7. The number of hydrogen-bond donors (Lipinski definition) is 0. The smallest absolute Gasteiger partial charge is 0.341 e. The van der Waals surface area contributed by atoms with Gasteiger partial charge < -0.3 is 4.18 Å². The zero-order valence-corrected chi connectivity index (χ0v) is 22.9. The number of benzene rings is 2. The molecule has 0 saturated carbocycles. The highest BCUT2D eigenvalue weighted by Crippen LogP contribution is 2.49. The van der Waals surface area contributed by atoms with Gasteiger partial charge in [-0.1, -0.05) is 46.4 Å². The van der Waals surface area contributed by atoms with E-state index in [4.69, 9.17) is 50.6 Å². The Morgan fingerprint density at radius 3 is 1.48 bits per heavy atom. The Hall–Kier alpha value is 1.75. The van der Waals surface area contributed by atoms with Crippen molar-refractivity contribution in [3.8, 4) is 5.75 Å². The van der Waals surface area contributed by atoms with Gasteiger partial charge in [-0.3, -0.25) is 0 Å². The highest BCUT2D eigenvalue weighted by Gasteiger charge is 2.31. The third-order valence-corrected chi connectivity index (χ3v) is 12.1. The predicted octanol–water partition coefficient (Wildman–Crippen LogP) is 8.88. The molecule has 0 spiro atoms. The summed E-state index contributed by atoms with van der Waals surface area (Å²) in [5, 5.41) is -0.362. The number of hydrogen-bond acceptors (Lipinski definition) is 3. The summed E-state index contributed by atoms with van der Waals surface area (Å²) in [7, 11) is -4.38. The molecule has 25 heavy (non-hydrogen) atoms. The Kier molecular flexibility index (Phi) is 7.95. The first-order valence-electron chi connectivity index (χ1n) is 5.69. The third-order valence-electron chi connectivity index (χ3n) is 2.68. The van der Waals surface area contributed by atoms with Crippen molar-refractivity contribution in [3.63, 3.8) is 0 Å². The Morgan fingerprint density at radius 1 is 0.720 bits per heavy atom. The lowest BCUT2D eigenvalue weighted by atomic mass is 10.3. The van der Waals surface area contributed by atoms with Crippen LogP contribution in [0.1, 0.15) is 0 Å². The second-order valence-electron chi connectivity index (χ2n) is 4.23. The molecule has 0 atom stereocenters. The van der Waals surface area contributed by atoms with E-state index in [0.29, 0.717) is 13.4 Å². The standard InChI is InChI=1S/C12HBr5Cl4O3S/c13-4-5(14)7(16)12(8(17)6(4)15)25(22,23)24-11-9(20)2(18)1-3(19)10(11)21/h1H. The fourth-order valence-electron chi connectivity index (χ4n) is 1.58. The topological polar surface area (TPSA) is 43.4 Å². The molecule has 0 bridgehead atoms. The van der Waals surface area contributed by atoms with Crippen molar-refractivity contribution in [1.82, 2.24) is 0 Å². The van der Waals surface area contributed by atoms with Crippen LogP contribution in [-0.4, -0.2) is 8.42 Å². The summed E-state index contributed by atoms with van der Waals surface area (Å²) in [4.78, 5) is -0.197. The SMILES string of the molecule is O=S(=O)(Oc1c(Cl)c(Cl)cc(Cl)c1Cl)c1c(Br)c(Br)c(Br)c(Br)c1Br. The van der Waals surface area contributed by atoms with Crippen LogP contribution in [0.25, 0.3) is 0 Å². The fourth-order valence-corrected chi connectivity index (χ4v) is 8.15. The summed E-state index contributed by atoms with van der Waals surface area (Å²) >= 11 is 40.2. The molecule has 0 aliphatic carbocycles. The maximum absolute atomic E-state index is 12.8. The minimum absolute atomic E-state index is 0.00225. The van der Waals surface area contributed by atoms with Gasteiger partial charge in [0.1, 0.15) is 14.9 Å². The van der Waals surface area contributed by atoms with Crippen molar-refractivity contribution in [2.24, 2.45) is 0 Å². The van der Waals surface area contributed by atoms with E-state index in [0.717, 1.165) is 0 Å². The van der Waals surface area contributed by atoms with Crippen molar-refractivity contribution in [3.05, 3.63) is 48.5 Å². The second kappa shape index (κ2) is 8.63. The summed E-state index contributed by atoms with van der Waals surface area (Å²) < 4.78 is 32.8. The summed E-state index contributed by atoms with van der Waals surface area (Å²) in [5.74, 6) is -0.366. The van der Waals surface area contributed by atoms with E-state index in [1.807, 2.05) is 0 Å². The Bertz CT molecular complexity index is 942. The molecule has 0 N–H and O–H groups in total. The molecule has 0 radical (unpaired) electrons. The average Bonchev–Trinajstić information content (AvgIpc) is 2.53. The zero-order chi connectivity index (χ0) is 19.3. The highest BCUT2D eigenvalue weighted by atomic mass is 79.9. The van der Waals surface area contributed by atoms with Gasteiger partial charge in [-0.05, 0) is 85.7 Å². The van der Waals surface area contributed by atoms with Gasteiger partial charge in [-0.15, -0.1) is 0 Å². The van der Waals surface area contributed by atoms with Crippen molar-refractivity contribution in [2.45, 2.75) is 4.90 Å². The lowest BCUT2D eigenvalue weighted by Gasteiger charge is -2.16. The molecular weight excluding hydrogens is 766 g/mol. The van der Waals surface area contributed by atoms with Crippen LogP contribution in [0.5, 0.6) is 5.75 Å². The second-order valence-corrected chi connectivity index (χ2v) is 11.3. The first-order valence-corrected chi connectivity index (χ1v) is 12.6. The minimum atomic E-state index is -4.38. The van der Waals surface area contributed by atoms with Crippen LogP contribution in [0, 0.1) is 0 Å². The molecule has 0 aliphatic rings. The zero-order valence-electron chi connectivity index (χ0n) is 11.1. The molecule has 0 aromatic heterocycles. The van der Waals surface area contributed by atoms with Gasteiger partial charge in [0.25, 0.3) is 0 Å². The number of halogens is 9. The average molecular weight is 767 g/mol. The molecule has 0 saturated heterocycles. The molecule has 3 nitrogen and oxygen atoms in total. The van der Waals surface area contributed by atoms with E-state index < -0.39 is 10.1 Å². The third kappa shape index (κ3) is 4.51. The van der Waals surface area contributed by atoms with E-state index in [1.54, 1.807) is 0 Å². The summed E-state index contributed by atoms with van der Waals surface area (Å²) in [6, 6.07) is 1.28. The quantitative estimate of drug-likeness (QED) is 0.178. The van der Waals surface area contributed by atoms with Crippen LogP contribution in [0.2, 0.25) is 20.1 Å². The van der Waals surface area contributed by atoms with Crippen LogP contribution in [0.15, 0.2) is 33.3 Å². The maximum atomic E-state index is 12.8. The molecule has 2 rings (SSSR count). The van der Waals surface area contributed by atoms with E-state index in [-0.39, 0.29) is 39.7 Å². The molecule has 13 heteroatoms. The van der Waals surface area contributed by atoms with E-state index in [1.165, 1.54) is 6.07 Å². The van der Waals surface area contributed by atoms with Crippen LogP contribution in [0.4, 0.5) is 0 Å². The molecule has 136 valence electrons. The maximum Gasteiger partial charge on any atom is 0.341 e. The van der Waals surface area contributed by atoms with Gasteiger partial charge in [0.2, 0.25) is 0 Å². The molecule has 0 aliphatic heterocycles. The monoisotopic (exact) mass is 759 g/mol. The summed E-state index contributed by atoms with van der Waals surface area (Å²) in [6.07, 6.45) is 0. The van der Waals surface area contributed by atoms with Crippen LogP contribution in [0.3, 0.4) is 0 Å². The largest absolute Gasteiger partial charge is 0.376 e. The fraction of sp³-hybridized carbons (Fsp3) is 0. The predicted molar refractivity (Wildman–Crippen MR) is 119 cm³/mol. The highest BCUT2D eigenvalue weighted by molar-refractivity contribution is 9.15. The van der Waals surface area contributed by atoms with Gasteiger partial charge in [0.05, 0.1) is 19.0 Å². The summed E-state index contributed by atoms with van der Waals surface area (Å²) in [6.45, 7) is 0. The summed E-state index contributed by atoms with van der Waals surface area (Å²) in [5.41, 5.74) is 0. The first kappa shape index (κ1) is 23.0. The molecule has 0 fully saturated rings. The van der Waals surface area contributed by atoms with Gasteiger partial charge in [0.15, 0.2) is 5.75 Å². The molecule has 2 aromatic carbocycles. The first-order chi connectivity index (χ1) is 11.4. The van der Waals surface area contributed by atoms with E-state index in [2.05, 4.69) is 79.6 Å².